The lowest BCUT2D eigenvalue weighted by Crippen LogP contribution is -2.42. The van der Waals surface area contributed by atoms with E-state index >= 15 is 0 Å². The van der Waals surface area contributed by atoms with Crippen molar-refractivity contribution in [3.05, 3.63) is 94.0 Å². The van der Waals surface area contributed by atoms with Crippen LogP contribution < -0.4 is 9.80 Å². The maximum Gasteiger partial charge on any atom is 0.192 e. The zero-order valence-corrected chi connectivity index (χ0v) is 35.9. The van der Waals surface area contributed by atoms with Gasteiger partial charge in [0.2, 0.25) is 0 Å². The Morgan fingerprint density at radius 3 is 1.17 bits per heavy atom. The average Bonchev–Trinajstić information content (AvgIpc) is 3.09. The van der Waals surface area contributed by atoms with Crippen LogP contribution in [0.15, 0.2) is 60.7 Å². The van der Waals surface area contributed by atoms with Crippen molar-refractivity contribution in [2.45, 2.75) is 91.7 Å². The molecule has 0 fully saturated rings. The monoisotopic (exact) mass is 734 g/mol. The molecule has 0 saturated heterocycles. The molecule has 0 aliphatic heterocycles. The van der Waals surface area contributed by atoms with E-state index in [1.165, 1.54) is 0 Å². The summed E-state index contributed by atoms with van der Waals surface area (Å²) in [6.07, 6.45) is 7.83. The van der Waals surface area contributed by atoms with Crippen molar-refractivity contribution in [2.24, 2.45) is 0 Å². The van der Waals surface area contributed by atoms with Crippen LogP contribution in [0, 0.1) is 22.7 Å². The fourth-order valence-corrected chi connectivity index (χ4v) is 7.33. The molecule has 0 aliphatic rings. The van der Waals surface area contributed by atoms with Crippen LogP contribution in [0.5, 0.6) is 0 Å². The first kappa shape index (κ1) is 42.5. The molecule has 0 aromatic heterocycles. The van der Waals surface area contributed by atoms with Gasteiger partial charge in [0.25, 0.3) is 0 Å². The largest absolute Gasteiger partial charge is 0.415 e. The minimum Gasteiger partial charge on any atom is -0.415 e. The van der Waals surface area contributed by atoms with E-state index in [1.54, 1.807) is 12.1 Å². The highest BCUT2D eigenvalue weighted by Crippen LogP contribution is 2.37. The third kappa shape index (κ3) is 11.5. The van der Waals surface area contributed by atoms with Gasteiger partial charge < -0.3 is 18.7 Å². The molecule has 0 spiro atoms. The first-order valence-electron chi connectivity index (χ1n) is 18.7. The summed E-state index contributed by atoms with van der Waals surface area (Å²) in [5.74, 6) is 0. The molecule has 3 rings (SSSR count). The fourth-order valence-electron chi connectivity index (χ4n) is 5.26. The van der Waals surface area contributed by atoms with Crippen molar-refractivity contribution in [1.82, 2.24) is 0 Å². The normalized spacial score (nSPS) is 12.7. The molecular formula is C44H62N4O2Si2. The molecule has 0 amide bonds. The molecule has 278 valence electrons. The third-order valence-corrected chi connectivity index (χ3v) is 20.0. The Hall–Kier alpha value is -3.93. The Labute approximate surface area is 317 Å². The summed E-state index contributed by atoms with van der Waals surface area (Å²) in [5, 5.41) is 20.4. The van der Waals surface area contributed by atoms with Crippen LogP contribution in [-0.4, -0.2) is 56.0 Å². The number of rotatable bonds is 16. The van der Waals surface area contributed by atoms with Crippen LogP contribution in [0.3, 0.4) is 0 Å². The molecule has 0 radical (unpaired) electrons. The molecular weight excluding hydrogens is 673 g/mol. The van der Waals surface area contributed by atoms with Gasteiger partial charge in [-0.1, -0.05) is 90.1 Å². The lowest BCUT2D eigenvalue weighted by molar-refractivity contribution is 0.294. The second-order valence-electron chi connectivity index (χ2n) is 16.5. The molecule has 0 N–H and O–H groups in total. The van der Waals surface area contributed by atoms with Gasteiger partial charge in [-0.2, -0.15) is 10.5 Å². The fraction of sp³-hybridized carbons (Fsp3) is 0.455. The number of nitrogens with zero attached hydrogens (tertiary/aromatic N) is 4. The standard InChI is InChI=1S/C44H62N4O2Si2/c1-13-47(27-29-49-51(9,10)43(3,4)5)41-23-17-35(18-24-41)15-21-37-31-40(34-46)38(32-39(37)33-45)22-16-36-19-25-42(26-20-36)48(14-2)28-30-50-52(11,12)44(6,7)8/h15-26,31-32H,13-14,27-30H2,1-12H3. The maximum absolute atomic E-state index is 10.0. The number of hydrogen-bond acceptors (Lipinski definition) is 6. The van der Waals surface area contributed by atoms with E-state index in [0.717, 1.165) is 59.8 Å². The topological polar surface area (TPSA) is 72.5 Å². The molecule has 0 aliphatic carbocycles. The highest BCUT2D eigenvalue weighted by atomic mass is 28.4. The van der Waals surface area contributed by atoms with Gasteiger partial charge in [0.05, 0.1) is 36.5 Å². The average molecular weight is 735 g/mol. The number of anilines is 2. The second-order valence-corrected chi connectivity index (χ2v) is 26.1. The number of benzene rings is 3. The van der Waals surface area contributed by atoms with E-state index < -0.39 is 16.6 Å². The molecule has 52 heavy (non-hydrogen) atoms. The van der Waals surface area contributed by atoms with Crippen LogP contribution in [-0.2, 0) is 8.85 Å². The van der Waals surface area contributed by atoms with Gasteiger partial charge >= 0.3 is 0 Å². The number of nitriles is 2. The summed E-state index contributed by atoms with van der Waals surface area (Å²) in [6.45, 7) is 32.0. The van der Waals surface area contributed by atoms with Crippen molar-refractivity contribution in [3.63, 3.8) is 0 Å². The van der Waals surface area contributed by atoms with Crippen LogP contribution >= 0.6 is 0 Å². The third-order valence-electron chi connectivity index (χ3n) is 10.9. The van der Waals surface area contributed by atoms with Crippen molar-refractivity contribution in [3.8, 4) is 12.1 Å². The lowest BCUT2D eigenvalue weighted by atomic mass is 9.97. The summed E-state index contributed by atoms with van der Waals surface area (Å²) in [5.41, 5.74) is 6.86. The molecule has 0 atom stereocenters. The van der Waals surface area contributed by atoms with E-state index in [2.05, 4.69) is 152 Å². The van der Waals surface area contributed by atoms with E-state index in [1.807, 2.05) is 24.3 Å². The van der Waals surface area contributed by atoms with Gasteiger partial charge in [-0.15, -0.1) is 0 Å². The molecule has 8 heteroatoms. The molecule has 6 nitrogen and oxygen atoms in total. The Morgan fingerprint density at radius 2 is 0.904 bits per heavy atom. The number of likely N-dealkylation sites (N-methyl/N-ethyl adjacent to an activating group) is 2. The lowest BCUT2D eigenvalue weighted by Gasteiger charge is -2.37. The van der Waals surface area contributed by atoms with Gasteiger partial charge in [-0.25, -0.2) is 0 Å². The van der Waals surface area contributed by atoms with Gasteiger partial charge in [-0.3, -0.25) is 0 Å². The van der Waals surface area contributed by atoms with E-state index in [0.29, 0.717) is 24.3 Å². The summed E-state index contributed by atoms with van der Waals surface area (Å²) >= 11 is 0. The van der Waals surface area contributed by atoms with E-state index in [4.69, 9.17) is 8.85 Å². The van der Waals surface area contributed by atoms with Gasteiger partial charge in [0.1, 0.15) is 0 Å². The van der Waals surface area contributed by atoms with E-state index in [9.17, 15) is 10.5 Å². The van der Waals surface area contributed by atoms with Crippen LogP contribution in [0.2, 0.25) is 36.3 Å². The molecule has 0 saturated carbocycles. The summed E-state index contributed by atoms with van der Waals surface area (Å²) in [4.78, 5) is 4.67. The highest BCUT2D eigenvalue weighted by Gasteiger charge is 2.37. The molecule has 0 bridgehead atoms. The van der Waals surface area contributed by atoms with Crippen molar-refractivity contribution >= 4 is 52.3 Å². The number of hydrogen-bond donors (Lipinski definition) is 0. The van der Waals surface area contributed by atoms with Crippen LogP contribution in [0.1, 0.15) is 88.8 Å². The quantitative estimate of drug-likeness (QED) is 0.108. The summed E-state index contributed by atoms with van der Waals surface area (Å²) in [7, 11) is -3.56. The summed E-state index contributed by atoms with van der Waals surface area (Å²) < 4.78 is 12.8. The highest BCUT2D eigenvalue weighted by molar-refractivity contribution is 6.74. The minimum atomic E-state index is -1.78. The Morgan fingerprint density at radius 1 is 0.577 bits per heavy atom. The predicted octanol–water partition coefficient (Wildman–Crippen LogP) is 11.5. The summed E-state index contributed by atoms with van der Waals surface area (Å²) in [6, 6.07) is 25.1. The van der Waals surface area contributed by atoms with E-state index in [-0.39, 0.29) is 10.1 Å². The van der Waals surface area contributed by atoms with Crippen molar-refractivity contribution in [2.75, 3.05) is 49.2 Å². The SMILES string of the molecule is CCN(CCO[Si](C)(C)C(C)(C)C)c1ccc(C=Cc2cc(C#N)c(C=Cc3ccc(N(CC)CCO[Si](C)(C)C(C)(C)C)cc3)cc2C#N)cc1. The Kier molecular flexibility index (Phi) is 14.9. The Balaban J connectivity index is 1.68. The molecule has 3 aromatic carbocycles. The van der Waals surface area contributed by atoms with Gasteiger partial charge in [0.15, 0.2) is 16.6 Å². The second kappa shape index (κ2) is 18.2. The van der Waals surface area contributed by atoms with Crippen LogP contribution in [0.25, 0.3) is 24.3 Å². The maximum atomic E-state index is 10.0. The Bertz CT molecular complexity index is 1620. The zero-order chi connectivity index (χ0) is 38.7. The van der Waals surface area contributed by atoms with Crippen molar-refractivity contribution in [1.29, 1.82) is 10.5 Å². The molecule has 3 aromatic rings. The van der Waals surface area contributed by atoms with Gasteiger partial charge in [0, 0.05) is 37.6 Å². The minimum absolute atomic E-state index is 0.195. The first-order chi connectivity index (χ1) is 24.4. The smallest absolute Gasteiger partial charge is 0.192 e. The molecule has 0 unspecified atom stereocenters. The zero-order valence-electron chi connectivity index (χ0n) is 33.9. The van der Waals surface area contributed by atoms with Gasteiger partial charge in [-0.05, 0) is 109 Å². The molecule has 0 heterocycles. The first-order valence-corrected chi connectivity index (χ1v) is 24.5. The predicted molar refractivity (Wildman–Crippen MR) is 229 cm³/mol. The van der Waals surface area contributed by atoms with Crippen LogP contribution in [0.4, 0.5) is 11.4 Å². The van der Waals surface area contributed by atoms with Crippen molar-refractivity contribution < 1.29 is 8.85 Å².